The maximum atomic E-state index is 13.0. The van der Waals surface area contributed by atoms with E-state index in [0.717, 1.165) is 38.5 Å². The zero-order valence-corrected chi connectivity index (χ0v) is 42.4. The molecule has 0 saturated carbocycles. The number of unbranched alkanes of at least 4 members (excludes halogenated alkanes) is 31. The number of aliphatic hydroxyl groups excluding tert-OH is 7. The number of rotatable bonds is 47. The van der Waals surface area contributed by atoms with Crippen LogP contribution in [0.25, 0.3) is 0 Å². The van der Waals surface area contributed by atoms with Crippen LogP contribution < -0.4 is 5.32 Å². The summed E-state index contributed by atoms with van der Waals surface area (Å²) in [6, 6.07) is -1.16. The number of hydrogen-bond acceptors (Lipinski definition) is 10. The Morgan fingerprint density at radius 2 is 0.924 bits per heavy atom. The first-order chi connectivity index (χ1) is 32.2. The molecule has 0 bridgehead atoms. The maximum Gasteiger partial charge on any atom is 0.249 e. The lowest BCUT2D eigenvalue weighted by Gasteiger charge is -2.40. The fraction of sp³-hybridized carbons (Fsp3) is 0.909. The molecule has 0 aromatic heterocycles. The fourth-order valence-electron chi connectivity index (χ4n) is 8.94. The Bertz CT molecular complexity index is 1120. The van der Waals surface area contributed by atoms with Crippen LogP contribution in [0.4, 0.5) is 0 Å². The van der Waals surface area contributed by atoms with E-state index < -0.39 is 74.2 Å². The van der Waals surface area contributed by atoms with Gasteiger partial charge in [0.2, 0.25) is 5.91 Å². The summed E-state index contributed by atoms with van der Waals surface area (Å²) in [6.45, 7) is 3.25. The van der Waals surface area contributed by atoms with Gasteiger partial charge < -0.3 is 50.5 Å². The minimum Gasteiger partial charge on any atom is -0.394 e. The summed E-state index contributed by atoms with van der Waals surface area (Å²) in [7, 11) is 0. The van der Waals surface area contributed by atoms with Crippen LogP contribution in [0.15, 0.2) is 24.3 Å². The number of allylic oxidation sites excluding steroid dienone is 4. The smallest absolute Gasteiger partial charge is 0.249 e. The van der Waals surface area contributed by atoms with Gasteiger partial charge in [0.05, 0.1) is 25.4 Å². The minimum atomic E-state index is -1.66. The average Bonchev–Trinajstić information content (AvgIpc) is 3.32. The van der Waals surface area contributed by atoms with Gasteiger partial charge in [-0.3, -0.25) is 4.79 Å². The van der Waals surface area contributed by atoms with Crippen LogP contribution in [0.5, 0.6) is 0 Å². The molecule has 1 aliphatic heterocycles. The Balaban J connectivity index is 2.01. The second-order valence-corrected chi connectivity index (χ2v) is 19.7. The quantitative estimate of drug-likeness (QED) is 0.0215. The Kier molecular flexibility index (Phi) is 42.5. The van der Waals surface area contributed by atoms with Gasteiger partial charge in [0.15, 0.2) is 6.29 Å². The second-order valence-electron chi connectivity index (χ2n) is 19.7. The van der Waals surface area contributed by atoms with Crippen molar-refractivity contribution >= 4 is 5.91 Å². The van der Waals surface area contributed by atoms with Crippen LogP contribution in [-0.2, 0) is 14.3 Å². The molecule has 9 unspecified atom stereocenters. The van der Waals surface area contributed by atoms with E-state index in [4.69, 9.17) is 9.47 Å². The van der Waals surface area contributed by atoms with Gasteiger partial charge >= 0.3 is 0 Å². The molecule has 0 aliphatic carbocycles. The highest BCUT2D eigenvalue weighted by Gasteiger charge is 2.44. The normalized spacial score (nSPS) is 20.9. The van der Waals surface area contributed by atoms with Crippen molar-refractivity contribution in [1.29, 1.82) is 0 Å². The van der Waals surface area contributed by atoms with E-state index in [9.17, 15) is 40.5 Å². The Morgan fingerprint density at radius 1 is 0.530 bits per heavy atom. The van der Waals surface area contributed by atoms with E-state index in [2.05, 4.69) is 36.5 Å². The average molecular weight is 940 g/mol. The first-order valence-corrected chi connectivity index (χ1v) is 27.7. The minimum absolute atomic E-state index is 0.260. The van der Waals surface area contributed by atoms with Gasteiger partial charge in [0.1, 0.15) is 36.6 Å². The van der Waals surface area contributed by atoms with E-state index in [1.54, 1.807) is 0 Å². The predicted octanol–water partition coefficient (Wildman–Crippen LogP) is 11.0. The number of hydrogen-bond donors (Lipinski definition) is 8. The molecule has 1 fully saturated rings. The van der Waals surface area contributed by atoms with Crippen molar-refractivity contribution in [3.05, 3.63) is 24.3 Å². The highest BCUT2D eigenvalue weighted by Crippen LogP contribution is 2.23. The molecule has 8 N–H and O–H groups in total. The van der Waals surface area contributed by atoms with Crippen LogP contribution in [0.2, 0.25) is 0 Å². The van der Waals surface area contributed by atoms with Crippen LogP contribution in [0, 0.1) is 0 Å². The molecule has 66 heavy (non-hydrogen) atoms. The first-order valence-electron chi connectivity index (χ1n) is 27.7. The van der Waals surface area contributed by atoms with Gasteiger partial charge in [-0.1, -0.05) is 231 Å². The number of carbonyl (C=O) groups is 1. The number of carbonyl (C=O) groups excluding carboxylic acids is 1. The van der Waals surface area contributed by atoms with E-state index in [0.29, 0.717) is 19.3 Å². The zero-order valence-electron chi connectivity index (χ0n) is 42.4. The molecule has 1 heterocycles. The summed E-state index contributed by atoms with van der Waals surface area (Å²) >= 11 is 0. The summed E-state index contributed by atoms with van der Waals surface area (Å²) in [5, 5.41) is 74.8. The lowest BCUT2D eigenvalue weighted by molar-refractivity contribution is -0.303. The highest BCUT2D eigenvalue weighted by molar-refractivity contribution is 5.80. The van der Waals surface area contributed by atoms with Crippen molar-refractivity contribution < 1.29 is 50.0 Å². The number of amides is 1. The lowest BCUT2D eigenvalue weighted by atomic mass is 9.98. The summed E-state index contributed by atoms with van der Waals surface area (Å²) in [4.78, 5) is 13.0. The maximum absolute atomic E-state index is 13.0. The summed E-state index contributed by atoms with van der Waals surface area (Å²) in [6.07, 6.45) is 42.5. The molecule has 1 amide bonds. The van der Waals surface area contributed by atoms with Crippen LogP contribution in [-0.4, -0.2) is 110 Å². The molecule has 1 rings (SSSR count). The first kappa shape index (κ1) is 62.6. The molecule has 0 radical (unpaired) electrons. The highest BCUT2D eigenvalue weighted by atomic mass is 16.7. The third-order valence-corrected chi connectivity index (χ3v) is 13.5. The van der Waals surface area contributed by atoms with Gasteiger partial charge in [-0.15, -0.1) is 0 Å². The van der Waals surface area contributed by atoms with E-state index in [-0.39, 0.29) is 6.42 Å². The van der Waals surface area contributed by atoms with Crippen molar-refractivity contribution in [2.45, 2.75) is 306 Å². The fourth-order valence-corrected chi connectivity index (χ4v) is 8.94. The van der Waals surface area contributed by atoms with Gasteiger partial charge in [0, 0.05) is 0 Å². The summed E-state index contributed by atoms with van der Waals surface area (Å²) < 4.78 is 11.0. The molecule has 0 spiro atoms. The Morgan fingerprint density at radius 3 is 1.36 bits per heavy atom. The van der Waals surface area contributed by atoms with Crippen molar-refractivity contribution in [3.63, 3.8) is 0 Å². The number of nitrogens with one attached hydrogen (secondary N) is 1. The van der Waals surface area contributed by atoms with Crippen molar-refractivity contribution in [2.24, 2.45) is 0 Å². The van der Waals surface area contributed by atoms with Gasteiger partial charge in [-0.2, -0.15) is 0 Å². The summed E-state index contributed by atoms with van der Waals surface area (Å²) in [5.41, 5.74) is 0. The monoisotopic (exact) mass is 940 g/mol. The Hall–Kier alpha value is -1.41. The molecule has 1 saturated heterocycles. The van der Waals surface area contributed by atoms with E-state index in [1.807, 2.05) is 6.92 Å². The van der Waals surface area contributed by atoms with Gasteiger partial charge in [-0.25, -0.2) is 0 Å². The topological polar surface area (TPSA) is 189 Å². The third kappa shape index (κ3) is 33.2. The molecular weight excluding hydrogens is 835 g/mol. The predicted molar refractivity (Wildman–Crippen MR) is 270 cm³/mol. The van der Waals surface area contributed by atoms with E-state index in [1.165, 1.54) is 173 Å². The van der Waals surface area contributed by atoms with Crippen LogP contribution in [0.1, 0.15) is 251 Å². The molecule has 0 aromatic carbocycles. The SMILES string of the molecule is CCCCCCCCCCCCCCC/C=C\C/C=C\CCCCCCCCCCCCCCCCCCC(O)C(=O)NC(COC1OC(CO)C(O)C(O)C1O)C(O)C(O)CCCCC. The molecule has 9 atom stereocenters. The second kappa shape index (κ2) is 44.8. The Labute approximate surface area is 404 Å². The summed E-state index contributed by atoms with van der Waals surface area (Å²) in [5.74, 6) is -0.704. The molecule has 0 aromatic rings. The largest absolute Gasteiger partial charge is 0.394 e. The van der Waals surface area contributed by atoms with Crippen molar-refractivity contribution in [2.75, 3.05) is 13.2 Å². The molecule has 11 heteroatoms. The third-order valence-electron chi connectivity index (χ3n) is 13.5. The zero-order chi connectivity index (χ0) is 48.3. The van der Waals surface area contributed by atoms with Crippen LogP contribution >= 0.6 is 0 Å². The molecule has 11 nitrogen and oxygen atoms in total. The van der Waals surface area contributed by atoms with Crippen molar-refractivity contribution in [3.8, 4) is 0 Å². The molecular formula is C55H105NO10. The van der Waals surface area contributed by atoms with Crippen LogP contribution in [0.3, 0.4) is 0 Å². The lowest BCUT2D eigenvalue weighted by Crippen LogP contribution is -2.60. The van der Waals surface area contributed by atoms with Gasteiger partial charge in [-0.05, 0) is 44.9 Å². The van der Waals surface area contributed by atoms with E-state index >= 15 is 0 Å². The number of ether oxygens (including phenoxy) is 2. The van der Waals surface area contributed by atoms with Gasteiger partial charge in [0.25, 0.3) is 0 Å². The molecule has 390 valence electrons. The standard InChI is InChI=1S/C55H105NO10/c1-3-5-7-8-9-10-11-12-13-14-15-16-17-18-19-20-21-22-23-24-25-26-27-28-29-30-31-32-33-34-35-36-37-38-39-41-43-48(59)54(64)56-46(50(60)47(58)42-40-6-4-2)45-65-55-53(63)52(62)51(61)49(44-57)66-55/h19-20,22-23,46-53,55,57-63H,3-18,21,24-45H2,1-2H3,(H,56,64)/b20-19-,23-22-. The number of aliphatic hydroxyl groups is 7. The van der Waals surface area contributed by atoms with Crippen molar-refractivity contribution in [1.82, 2.24) is 5.32 Å². The molecule has 1 aliphatic rings.